The van der Waals surface area contributed by atoms with E-state index in [1.54, 1.807) is 16.7 Å². The van der Waals surface area contributed by atoms with Gasteiger partial charge in [-0.05, 0) is 89.0 Å². The van der Waals surface area contributed by atoms with E-state index < -0.39 is 0 Å². The number of fused-ring (bicyclic) bond motifs is 5. The Morgan fingerprint density at radius 1 is 0.778 bits per heavy atom. The fraction of sp³-hybridized carbons (Fsp3) is 0.308. The highest BCUT2D eigenvalue weighted by molar-refractivity contribution is 5.75. The molecule has 136 valence electrons. The fourth-order valence-corrected chi connectivity index (χ4v) is 5.15. The van der Waals surface area contributed by atoms with Gasteiger partial charge in [-0.15, -0.1) is 0 Å². The van der Waals surface area contributed by atoms with Gasteiger partial charge >= 0.3 is 0 Å². The van der Waals surface area contributed by atoms with E-state index in [-0.39, 0.29) is 6.61 Å². The van der Waals surface area contributed by atoms with Crippen LogP contribution in [0.25, 0.3) is 11.1 Å². The van der Waals surface area contributed by atoms with Gasteiger partial charge in [-0.3, -0.25) is 0 Å². The monoisotopic (exact) mass is 354 g/mol. The number of aliphatic hydroxyl groups is 1. The van der Waals surface area contributed by atoms with Crippen molar-refractivity contribution in [3.63, 3.8) is 0 Å². The lowest BCUT2D eigenvalue weighted by atomic mass is 9.74. The van der Waals surface area contributed by atoms with E-state index in [1.165, 1.54) is 53.5 Å². The van der Waals surface area contributed by atoms with Crippen LogP contribution in [0, 0.1) is 0 Å². The number of hydrogen-bond acceptors (Lipinski definition) is 1. The minimum Gasteiger partial charge on any atom is -0.396 e. The molecule has 0 aromatic heterocycles. The Morgan fingerprint density at radius 3 is 2.63 bits per heavy atom. The second kappa shape index (κ2) is 6.98. The van der Waals surface area contributed by atoms with Gasteiger partial charge in [-0.2, -0.15) is 0 Å². The van der Waals surface area contributed by atoms with E-state index in [2.05, 4.69) is 60.7 Å². The van der Waals surface area contributed by atoms with Gasteiger partial charge in [0.15, 0.2) is 0 Å². The third kappa shape index (κ3) is 3.00. The Morgan fingerprint density at radius 2 is 1.70 bits per heavy atom. The minimum absolute atomic E-state index is 0.227. The third-order valence-corrected chi connectivity index (χ3v) is 6.51. The van der Waals surface area contributed by atoms with Crippen LogP contribution in [0.2, 0.25) is 0 Å². The summed E-state index contributed by atoms with van der Waals surface area (Å²) in [6.45, 7) is 0.227. The molecule has 3 aromatic carbocycles. The molecule has 0 heterocycles. The molecule has 5 rings (SSSR count). The summed E-state index contributed by atoms with van der Waals surface area (Å²) in [5.41, 5.74) is 11.9. The molecule has 1 unspecified atom stereocenters. The lowest BCUT2D eigenvalue weighted by Crippen LogP contribution is -2.17. The van der Waals surface area contributed by atoms with Crippen molar-refractivity contribution in [1.82, 2.24) is 0 Å². The first kappa shape index (κ1) is 16.8. The standard InChI is InChI=1S/C26H26O/c27-15-14-18-4-3-6-20(16-18)21-9-11-24-22(17-21)10-13-25-23-7-2-1-5-19(23)8-12-26(24)25/h1-7,10,13,16,21,27H,8-9,11-12,14-15,17H2. The molecule has 27 heavy (non-hydrogen) atoms. The van der Waals surface area contributed by atoms with Crippen molar-refractivity contribution >= 4 is 0 Å². The van der Waals surface area contributed by atoms with Gasteiger partial charge in [0.2, 0.25) is 0 Å². The van der Waals surface area contributed by atoms with E-state index in [4.69, 9.17) is 0 Å². The van der Waals surface area contributed by atoms with Crippen LogP contribution < -0.4 is 0 Å². The summed E-state index contributed by atoms with van der Waals surface area (Å²) in [6.07, 6.45) is 6.68. The molecule has 0 aliphatic heterocycles. The lowest BCUT2D eigenvalue weighted by molar-refractivity contribution is 0.299. The van der Waals surface area contributed by atoms with Crippen LogP contribution in [0.15, 0.2) is 60.7 Å². The number of benzene rings is 3. The molecule has 1 atom stereocenters. The molecular weight excluding hydrogens is 328 g/mol. The molecule has 1 N–H and O–H groups in total. The molecule has 0 amide bonds. The molecule has 2 aliphatic rings. The molecule has 3 aromatic rings. The summed E-state index contributed by atoms with van der Waals surface area (Å²) in [6, 6.07) is 22.5. The van der Waals surface area contributed by atoms with Crippen LogP contribution in [-0.4, -0.2) is 11.7 Å². The predicted octanol–water partition coefficient (Wildman–Crippen LogP) is 5.26. The molecule has 0 spiro atoms. The first-order valence-electron chi connectivity index (χ1n) is 10.2. The van der Waals surface area contributed by atoms with E-state index in [0.29, 0.717) is 5.92 Å². The van der Waals surface area contributed by atoms with Crippen molar-refractivity contribution in [2.24, 2.45) is 0 Å². The summed E-state index contributed by atoms with van der Waals surface area (Å²) in [7, 11) is 0. The number of aryl methyl sites for hydroxylation is 1. The van der Waals surface area contributed by atoms with Gasteiger partial charge < -0.3 is 5.11 Å². The maximum absolute atomic E-state index is 9.23. The summed E-state index contributed by atoms with van der Waals surface area (Å²) in [5, 5.41) is 9.23. The molecular formula is C26H26O. The molecule has 0 radical (unpaired) electrons. The van der Waals surface area contributed by atoms with Crippen LogP contribution in [-0.2, 0) is 32.1 Å². The van der Waals surface area contributed by atoms with Crippen LogP contribution in [0.1, 0.15) is 45.7 Å². The van der Waals surface area contributed by atoms with Crippen molar-refractivity contribution in [3.05, 3.63) is 94.0 Å². The average molecular weight is 354 g/mol. The highest BCUT2D eigenvalue weighted by atomic mass is 16.2. The maximum Gasteiger partial charge on any atom is 0.0471 e. The van der Waals surface area contributed by atoms with Gasteiger partial charge in [0.1, 0.15) is 0 Å². The van der Waals surface area contributed by atoms with Crippen molar-refractivity contribution in [2.75, 3.05) is 6.61 Å². The van der Waals surface area contributed by atoms with Crippen molar-refractivity contribution in [1.29, 1.82) is 0 Å². The van der Waals surface area contributed by atoms with Crippen LogP contribution >= 0.6 is 0 Å². The maximum atomic E-state index is 9.23. The summed E-state index contributed by atoms with van der Waals surface area (Å²) in [4.78, 5) is 0. The van der Waals surface area contributed by atoms with Crippen LogP contribution in [0.3, 0.4) is 0 Å². The van der Waals surface area contributed by atoms with Gasteiger partial charge in [-0.1, -0.05) is 60.7 Å². The quantitative estimate of drug-likeness (QED) is 0.680. The zero-order valence-electron chi connectivity index (χ0n) is 15.7. The van der Waals surface area contributed by atoms with E-state index in [1.807, 2.05) is 0 Å². The second-order valence-electron chi connectivity index (χ2n) is 8.04. The Hall–Kier alpha value is -2.38. The first-order valence-corrected chi connectivity index (χ1v) is 10.2. The van der Waals surface area contributed by atoms with Crippen molar-refractivity contribution in [2.45, 2.75) is 44.4 Å². The van der Waals surface area contributed by atoms with E-state index in [0.717, 1.165) is 12.8 Å². The molecule has 0 bridgehead atoms. The predicted molar refractivity (Wildman–Crippen MR) is 111 cm³/mol. The van der Waals surface area contributed by atoms with Gasteiger partial charge in [0, 0.05) is 6.61 Å². The SMILES string of the molecule is OCCc1cccc(C2CCc3c(ccc4c3CCc3ccccc3-4)C2)c1. The minimum atomic E-state index is 0.227. The molecule has 0 saturated carbocycles. The molecule has 1 nitrogen and oxygen atoms in total. The Kier molecular flexibility index (Phi) is 4.33. The average Bonchev–Trinajstić information content (AvgIpc) is 2.73. The molecule has 0 fully saturated rings. The highest BCUT2D eigenvalue weighted by Crippen LogP contribution is 2.41. The van der Waals surface area contributed by atoms with Gasteiger partial charge in [0.25, 0.3) is 0 Å². The second-order valence-corrected chi connectivity index (χ2v) is 8.04. The normalized spacial score (nSPS) is 17.7. The summed E-state index contributed by atoms with van der Waals surface area (Å²) in [5.74, 6) is 0.602. The molecule has 1 heteroatoms. The molecule has 2 aliphatic carbocycles. The van der Waals surface area contributed by atoms with Crippen molar-refractivity contribution in [3.8, 4) is 11.1 Å². The first-order chi connectivity index (χ1) is 13.3. The smallest absolute Gasteiger partial charge is 0.0471 e. The molecule has 0 saturated heterocycles. The van der Waals surface area contributed by atoms with Gasteiger partial charge in [0.05, 0.1) is 0 Å². The van der Waals surface area contributed by atoms with Gasteiger partial charge in [-0.25, -0.2) is 0 Å². The van der Waals surface area contributed by atoms with Crippen LogP contribution in [0.5, 0.6) is 0 Å². The number of hydrogen-bond donors (Lipinski definition) is 1. The summed E-state index contributed by atoms with van der Waals surface area (Å²) >= 11 is 0. The van der Waals surface area contributed by atoms with Crippen molar-refractivity contribution < 1.29 is 5.11 Å². The Bertz CT molecular complexity index is 985. The van der Waals surface area contributed by atoms with E-state index in [9.17, 15) is 5.11 Å². The Balaban J connectivity index is 1.48. The number of rotatable bonds is 3. The Labute approximate surface area is 161 Å². The zero-order valence-corrected chi connectivity index (χ0v) is 15.7. The van der Waals surface area contributed by atoms with Crippen LogP contribution in [0.4, 0.5) is 0 Å². The van der Waals surface area contributed by atoms with E-state index >= 15 is 0 Å². The number of aliphatic hydroxyl groups excluding tert-OH is 1. The lowest BCUT2D eigenvalue weighted by Gasteiger charge is -2.30. The topological polar surface area (TPSA) is 20.2 Å². The highest BCUT2D eigenvalue weighted by Gasteiger charge is 2.26. The largest absolute Gasteiger partial charge is 0.396 e. The third-order valence-electron chi connectivity index (χ3n) is 6.51. The summed E-state index contributed by atoms with van der Waals surface area (Å²) < 4.78 is 0. The fourth-order valence-electron chi connectivity index (χ4n) is 5.15. The zero-order chi connectivity index (χ0) is 18.2.